The van der Waals surface area contributed by atoms with E-state index in [2.05, 4.69) is 29.9 Å². The Bertz CT molecular complexity index is 610. The van der Waals surface area contributed by atoms with E-state index in [0.717, 1.165) is 10.9 Å². The second-order valence-electron chi connectivity index (χ2n) is 4.72. The molecule has 2 rings (SSSR count). The van der Waals surface area contributed by atoms with E-state index in [1.165, 1.54) is 18.1 Å². The number of fused-ring (bicyclic) bond motifs is 1. The van der Waals surface area contributed by atoms with Gasteiger partial charge in [0.2, 0.25) is 0 Å². The Balaban J connectivity index is 2.16. The number of methoxy groups -OCH3 is 1. The maximum absolute atomic E-state index is 11.0. The average molecular weight is 273 g/mol. The summed E-state index contributed by atoms with van der Waals surface area (Å²) < 4.78 is 9.80. The second kappa shape index (κ2) is 6.50. The number of aryl methyl sites for hydroxylation is 1. The van der Waals surface area contributed by atoms with Gasteiger partial charge in [-0.15, -0.1) is 0 Å². The van der Waals surface area contributed by atoms with Gasteiger partial charge in [-0.3, -0.25) is 0 Å². The van der Waals surface area contributed by atoms with Gasteiger partial charge in [-0.1, -0.05) is 36.4 Å². The zero-order valence-corrected chi connectivity index (χ0v) is 11.8. The first kappa shape index (κ1) is 14.5. The van der Waals surface area contributed by atoms with Crippen LogP contribution in [0.15, 0.2) is 36.4 Å². The van der Waals surface area contributed by atoms with Crippen molar-refractivity contribution in [3.63, 3.8) is 0 Å². The van der Waals surface area contributed by atoms with Gasteiger partial charge in [0.05, 0.1) is 19.8 Å². The van der Waals surface area contributed by atoms with Gasteiger partial charge >= 0.3 is 5.97 Å². The van der Waals surface area contributed by atoms with E-state index < -0.39 is 5.97 Å². The van der Waals surface area contributed by atoms with Gasteiger partial charge < -0.3 is 15.2 Å². The maximum atomic E-state index is 11.0. The lowest BCUT2D eigenvalue weighted by atomic mass is 9.96. The van der Waals surface area contributed by atoms with Crippen LogP contribution in [-0.2, 0) is 14.3 Å². The molecule has 2 aromatic rings. The number of carbonyl (C=O) groups is 1. The molecule has 0 aliphatic carbocycles. The molecule has 1 atom stereocenters. The van der Waals surface area contributed by atoms with Crippen molar-refractivity contribution in [1.82, 2.24) is 0 Å². The van der Waals surface area contributed by atoms with E-state index in [1.54, 1.807) is 0 Å². The van der Waals surface area contributed by atoms with Crippen LogP contribution in [-0.4, -0.2) is 26.3 Å². The maximum Gasteiger partial charge on any atom is 0.331 e. The predicted molar refractivity (Wildman–Crippen MR) is 78.4 cm³/mol. The number of ether oxygens (including phenoxy) is 2. The fourth-order valence-corrected chi connectivity index (χ4v) is 2.21. The Kier molecular flexibility index (Phi) is 4.71. The summed E-state index contributed by atoms with van der Waals surface area (Å²) >= 11 is 0. The Hall–Kier alpha value is -1.91. The monoisotopic (exact) mass is 273 g/mol. The van der Waals surface area contributed by atoms with E-state index in [0.29, 0.717) is 0 Å². The zero-order chi connectivity index (χ0) is 14.5. The minimum atomic E-state index is -0.397. The zero-order valence-electron chi connectivity index (χ0n) is 11.8. The minimum Gasteiger partial charge on any atom is -0.467 e. The van der Waals surface area contributed by atoms with Gasteiger partial charge in [-0.25, -0.2) is 4.79 Å². The lowest BCUT2D eigenvalue weighted by Crippen LogP contribution is -2.20. The molecule has 0 heterocycles. The smallest absolute Gasteiger partial charge is 0.331 e. The van der Waals surface area contributed by atoms with Gasteiger partial charge in [0, 0.05) is 0 Å². The molecule has 1 unspecified atom stereocenters. The van der Waals surface area contributed by atoms with Crippen molar-refractivity contribution < 1.29 is 14.3 Å². The van der Waals surface area contributed by atoms with Crippen LogP contribution < -0.4 is 5.73 Å². The number of hydrogen-bond donors (Lipinski definition) is 1. The van der Waals surface area contributed by atoms with Gasteiger partial charge in [0.15, 0.2) is 0 Å². The molecule has 0 fully saturated rings. The van der Waals surface area contributed by atoms with Crippen LogP contribution in [0.3, 0.4) is 0 Å². The van der Waals surface area contributed by atoms with Gasteiger partial charge in [-0.05, 0) is 28.8 Å². The summed E-state index contributed by atoms with van der Waals surface area (Å²) in [6.07, 6.45) is 0. The molecule has 0 aliphatic heterocycles. The normalized spacial score (nSPS) is 12.3. The third-order valence-corrected chi connectivity index (χ3v) is 3.32. The van der Waals surface area contributed by atoms with Crippen molar-refractivity contribution in [2.45, 2.75) is 13.0 Å². The van der Waals surface area contributed by atoms with Crippen LogP contribution >= 0.6 is 0 Å². The summed E-state index contributed by atoms with van der Waals surface area (Å²) in [4.78, 5) is 11.0. The molecule has 0 bridgehead atoms. The summed E-state index contributed by atoms with van der Waals surface area (Å²) in [6.45, 7) is 2.28. The van der Waals surface area contributed by atoms with Crippen LogP contribution in [0, 0.1) is 6.92 Å². The van der Waals surface area contributed by atoms with E-state index >= 15 is 0 Å². The first-order valence-corrected chi connectivity index (χ1v) is 6.52. The molecule has 0 amide bonds. The van der Waals surface area contributed by atoms with Crippen LogP contribution in [0.5, 0.6) is 0 Å². The van der Waals surface area contributed by atoms with Crippen molar-refractivity contribution in [2.24, 2.45) is 5.73 Å². The molecule has 0 saturated carbocycles. The molecule has 2 N–H and O–H groups in total. The van der Waals surface area contributed by atoms with Crippen molar-refractivity contribution in [3.05, 3.63) is 47.5 Å². The highest BCUT2D eigenvalue weighted by molar-refractivity contribution is 5.88. The molecule has 4 heteroatoms. The third-order valence-electron chi connectivity index (χ3n) is 3.32. The number of carbonyl (C=O) groups excluding carboxylic acids is 1. The minimum absolute atomic E-state index is 0.0754. The molecule has 0 aromatic heterocycles. The fourth-order valence-electron chi connectivity index (χ4n) is 2.21. The third kappa shape index (κ3) is 3.15. The Labute approximate surface area is 118 Å². The van der Waals surface area contributed by atoms with E-state index in [4.69, 9.17) is 10.5 Å². The van der Waals surface area contributed by atoms with E-state index in [-0.39, 0.29) is 19.3 Å². The molecule has 0 radical (unpaired) electrons. The summed E-state index contributed by atoms with van der Waals surface area (Å²) in [6, 6.07) is 11.9. The second-order valence-corrected chi connectivity index (χ2v) is 4.72. The van der Waals surface area contributed by atoms with Crippen molar-refractivity contribution in [2.75, 3.05) is 20.3 Å². The number of nitrogens with two attached hydrogens (primary N) is 1. The SMILES string of the molecule is COC(=O)COCC(N)c1ccc(C)c2ccccc12. The van der Waals surface area contributed by atoms with Crippen molar-refractivity contribution >= 4 is 16.7 Å². The number of esters is 1. The fraction of sp³-hybridized carbons (Fsp3) is 0.312. The lowest BCUT2D eigenvalue weighted by Gasteiger charge is -2.16. The summed E-state index contributed by atoms with van der Waals surface area (Å²) in [7, 11) is 1.33. The summed E-state index contributed by atoms with van der Waals surface area (Å²) in [5.74, 6) is -0.397. The van der Waals surface area contributed by atoms with Crippen LogP contribution in [0.2, 0.25) is 0 Å². The van der Waals surface area contributed by atoms with Gasteiger partial charge in [0.1, 0.15) is 6.61 Å². The molecular formula is C16H19NO3. The van der Waals surface area contributed by atoms with E-state index in [1.807, 2.05) is 18.2 Å². The Morgan fingerprint density at radius 2 is 1.90 bits per heavy atom. The average Bonchev–Trinajstić information content (AvgIpc) is 2.47. The molecule has 0 aliphatic rings. The van der Waals surface area contributed by atoms with Crippen LogP contribution in [0.1, 0.15) is 17.2 Å². The Morgan fingerprint density at radius 3 is 2.60 bits per heavy atom. The standard InChI is InChI=1S/C16H19NO3/c1-11-7-8-14(13-6-4-3-5-12(11)13)15(17)9-20-10-16(18)19-2/h3-8,15H,9-10,17H2,1-2H3. The molecule has 106 valence electrons. The highest BCUT2D eigenvalue weighted by Crippen LogP contribution is 2.26. The first-order valence-electron chi connectivity index (χ1n) is 6.52. The molecule has 4 nitrogen and oxygen atoms in total. The van der Waals surface area contributed by atoms with Crippen molar-refractivity contribution in [1.29, 1.82) is 0 Å². The molecule has 2 aromatic carbocycles. The number of rotatable bonds is 5. The molecule has 0 saturated heterocycles. The predicted octanol–water partition coefficient (Wildman–Crippen LogP) is 2.34. The van der Waals surface area contributed by atoms with E-state index in [9.17, 15) is 4.79 Å². The molecule has 0 spiro atoms. The Morgan fingerprint density at radius 1 is 1.20 bits per heavy atom. The van der Waals surface area contributed by atoms with Crippen molar-refractivity contribution in [3.8, 4) is 0 Å². The van der Waals surface area contributed by atoms with Gasteiger partial charge in [-0.2, -0.15) is 0 Å². The molecule has 20 heavy (non-hydrogen) atoms. The molecular weight excluding hydrogens is 254 g/mol. The highest BCUT2D eigenvalue weighted by atomic mass is 16.6. The number of hydrogen-bond acceptors (Lipinski definition) is 4. The lowest BCUT2D eigenvalue weighted by molar-refractivity contribution is -0.146. The number of benzene rings is 2. The summed E-state index contributed by atoms with van der Waals surface area (Å²) in [5, 5.41) is 2.31. The van der Waals surface area contributed by atoms with Crippen LogP contribution in [0.4, 0.5) is 0 Å². The van der Waals surface area contributed by atoms with Crippen LogP contribution in [0.25, 0.3) is 10.8 Å². The van der Waals surface area contributed by atoms with Gasteiger partial charge in [0.25, 0.3) is 0 Å². The largest absolute Gasteiger partial charge is 0.467 e. The quantitative estimate of drug-likeness (QED) is 0.849. The topological polar surface area (TPSA) is 61.5 Å². The highest BCUT2D eigenvalue weighted by Gasteiger charge is 2.12. The summed E-state index contributed by atoms with van der Waals surface area (Å²) in [5.41, 5.74) is 8.40. The first-order chi connectivity index (χ1) is 9.63.